The van der Waals surface area contributed by atoms with E-state index in [2.05, 4.69) is 41.3 Å². The number of ether oxygens (including phenoxy) is 1. The minimum Gasteiger partial charge on any atom is -0.496 e. The Bertz CT molecular complexity index is 571. The van der Waals surface area contributed by atoms with Gasteiger partial charge in [-0.2, -0.15) is 0 Å². The highest BCUT2D eigenvalue weighted by Gasteiger charge is 2.11. The van der Waals surface area contributed by atoms with Crippen LogP contribution >= 0.6 is 0 Å². The van der Waals surface area contributed by atoms with Gasteiger partial charge in [-0.15, -0.1) is 0 Å². The summed E-state index contributed by atoms with van der Waals surface area (Å²) in [7, 11) is 3.76. The lowest BCUT2D eigenvalue weighted by molar-refractivity contribution is 0.409. The highest BCUT2D eigenvalue weighted by molar-refractivity contribution is 5.48. The molecule has 112 valence electrons. The molecule has 0 saturated carbocycles. The third-order valence-corrected chi connectivity index (χ3v) is 3.39. The van der Waals surface area contributed by atoms with Gasteiger partial charge in [-0.05, 0) is 18.7 Å². The number of rotatable bonds is 7. The summed E-state index contributed by atoms with van der Waals surface area (Å²) < 4.78 is 5.42. The first kappa shape index (κ1) is 15.3. The second-order valence-corrected chi connectivity index (χ2v) is 4.93. The number of nitrogens with one attached hydrogen (secondary N) is 1. The average molecular weight is 285 g/mol. The third kappa shape index (κ3) is 3.95. The monoisotopic (exact) mass is 285 g/mol. The summed E-state index contributed by atoms with van der Waals surface area (Å²) in [5.41, 5.74) is 2.36. The number of aromatic nitrogens is 1. The quantitative estimate of drug-likeness (QED) is 0.849. The van der Waals surface area contributed by atoms with Crippen LogP contribution in [0.5, 0.6) is 5.75 Å². The van der Waals surface area contributed by atoms with Crippen molar-refractivity contribution >= 4 is 5.82 Å². The SMILES string of the molecule is CCNCc1cccnc1N(C)Cc1ccccc1OC. The van der Waals surface area contributed by atoms with E-state index in [9.17, 15) is 0 Å². The summed E-state index contributed by atoms with van der Waals surface area (Å²) in [6, 6.07) is 12.2. The molecule has 0 atom stereocenters. The standard InChI is InChI=1S/C17H23N3O/c1-4-18-12-14-9-7-11-19-17(14)20(2)13-15-8-5-6-10-16(15)21-3/h5-11,18H,4,12-13H2,1-3H3. The van der Waals surface area contributed by atoms with Gasteiger partial charge >= 0.3 is 0 Å². The molecule has 4 heteroatoms. The number of para-hydroxylation sites is 1. The lowest BCUT2D eigenvalue weighted by Gasteiger charge is -2.22. The molecule has 0 fully saturated rings. The van der Waals surface area contributed by atoms with E-state index in [-0.39, 0.29) is 0 Å². The first-order valence-corrected chi connectivity index (χ1v) is 7.24. The van der Waals surface area contributed by atoms with Crippen molar-refractivity contribution in [1.29, 1.82) is 0 Å². The summed E-state index contributed by atoms with van der Waals surface area (Å²) in [6.45, 7) is 4.65. The van der Waals surface area contributed by atoms with Gasteiger partial charge in [0.1, 0.15) is 11.6 Å². The van der Waals surface area contributed by atoms with Crippen LogP contribution in [0.3, 0.4) is 0 Å². The maximum atomic E-state index is 5.42. The Morgan fingerprint density at radius 2 is 1.90 bits per heavy atom. The Hall–Kier alpha value is -2.07. The van der Waals surface area contributed by atoms with Gasteiger partial charge in [0.05, 0.1) is 7.11 Å². The maximum absolute atomic E-state index is 5.42. The van der Waals surface area contributed by atoms with Crippen molar-refractivity contribution in [2.45, 2.75) is 20.0 Å². The van der Waals surface area contributed by atoms with E-state index in [1.54, 1.807) is 7.11 Å². The molecule has 21 heavy (non-hydrogen) atoms. The zero-order chi connectivity index (χ0) is 15.1. The van der Waals surface area contributed by atoms with E-state index in [1.807, 2.05) is 30.5 Å². The van der Waals surface area contributed by atoms with Crippen molar-refractivity contribution in [3.63, 3.8) is 0 Å². The van der Waals surface area contributed by atoms with Gasteiger partial charge in [-0.25, -0.2) is 4.98 Å². The molecular weight excluding hydrogens is 262 g/mol. The molecule has 0 aliphatic rings. The molecule has 0 spiro atoms. The number of benzene rings is 1. The van der Waals surface area contributed by atoms with Crippen molar-refractivity contribution in [1.82, 2.24) is 10.3 Å². The van der Waals surface area contributed by atoms with Crippen LogP contribution in [-0.2, 0) is 13.1 Å². The largest absolute Gasteiger partial charge is 0.496 e. The number of anilines is 1. The number of nitrogens with zero attached hydrogens (tertiary/aromatic N) is 2. The molecule has 1 N–H and O–H groups in total. The Morgan fingerprint density at radius 3 is 2.67 bits per heavy atom. The number of hydrogen-bond donors (Lipinski definition) is 1. The van der Waals surface area contributed by atoms with Gasteiger partial charge in [0.2, 0.25) is 0 Å². The van der Waals surface area contributed by atoms with E-state index in [1.165, 1.54) is 5.56 Å². The van der Waals surface area contributed by atoms with E-state index in [0.717, 1.165) is 36.8 Å². The van der Waals surface area contributed by atoms with Crippen LogP contribution in [0.15, 0.2) is 42.6 Å². The molecule has 1 aromatic carbocycles. The molecule has 0 aliphatic heterocycles. The molecule has 1 heterocycles. The predicted octanol–water partition coefficient (Wildman–Crippen LogP) is 2.84. The van der Waals surface area contributed by atoms with Gasteiger partial charge in [-0.1, -0.05) is 31.2 Å². The molecule has 0 radical (unpaired) electrons. The lowest BCUT2D eigenvalue weighted by Crippen LogP contribution is -2.22. The van der Waals surface area contributed by atoms with Crippen molar-refractivity contribution in [3.05, 3.63) is 53.7 Å². The molecule has 1 aromatic heterocycles. The zero-order valence-electron chi connectivity index (χ0n) is 13.0. The minimum atomic E-state index is 0.764. The number of hydrogen-bond acceptors (Lipinski definition) is 4. The van der Waals surface area contributed by atoms with E-state index in [0.29, 0.717) is 0 Å². The molecule has 2 aromatic rings. The summed E-state index contributed by atoms with van der Waals surface area (Å²) in [4.78, 5) is 6.69. The fourth-order valence-electron chi connectivity index (χ4n) is 2.34. The smallest absolute Gasteiger partial charge is 0.133 e. The topological polar surface area (TPSA) is 37.4 Å². The predicted molar refractivity (Wildman–Crippen MR) is 86.7 cm³/mol. The Kier molecular flexibility index (Phi) is 5.58. The zero-order valence-corrected chi connectivity index (χ0v) is 13.0. The molecule has 0 unspecified atom stereocenters. The molecule has 0 aliphatic carbocycles. The van der Waals surface area contributed by atoms with Crippen molar-refractivity contribution in [3.8, 4) is 5.75 Å². The van der Waals surface area contributed by atoms with Crippen LogP contribution in [0.2, 0.25) is 0 Å². The maximum Gasteiger partial charge on any atom is 0.133 e. The van der Waals surface area contributed by atoms with Crippen LogP contribution < -0.4 is 15.0 Å². The second-order valence-electron chi connectivity index (χ2n) is 4.93. The van der Waals surface area contributed by atoms with E-state index < -0.39 is 0 Å². The van der Waals surface area contributed by atoms with E-state index >= 15 is 0 Å². The second kappa shape index (κ2) is 7.64. The van der Waals surface area contributed by atoms with Gasteiger partial charge in [0.25, 0.3) is 0 Å². The molecule has 4 nitrogen and oxygen atoms in total. The fourth-order valence-corrected chi connectivity index (χ4v) is 2.34. The number of pyridine rings is 1. The van der Waals surface area contributed by atoms with Gasteiger partial charge in [0.15, 0.2) is 0 Å². The minimum absolute atomic E-state index is 0.764. The normalized spacial score (nSPS) is 10.4. The molecule has 0 bridgehead atoms. The first-order chi connectivity index (χ1) is 10.3. The van der Waals surface area contributed by atoms with Crippen LogP contribution in [-0.4, -0.2) is 25.7 Å². The Labute approximate surface area is 126 Å². The summed E-state index contributed by atoms with van der Waals surface area (Å²) in [5.74, 6) is 1.91. The highest BCUT2D eigenvalue weighted by atomic mass is 16.5. The molecule has 2 rings (SSSR count). The van der Waals surface area contributed by atoms with Crippen molar-refractivity contribution in [2.24, 2.45) is 0 Å². The van der Waals surface area contributed by atoms with Gasteiger partial charge in [0, 0.05) is 37.5 Å². The van der Waals surface area contributed by atoms with Crippen LogP contribution in [0.25, 0.3) is 0 Å². The third-order valence-electron chi connectivity index (χ3n) is 3.39. The molecule has 0 saturated heterocycles. The molecule has 0 amide bonds. The lowest BCUT2D eigenvalue weighted by atomic mass is 10.1. The van der Waals surface area contributed by atoms with Gasteiger partial charge < -0.3 is 15.0 Å². The summed E-state index contributed by atoms with van der Waals surface area (Å²) >= 11 is 0. The van der Waals surface area contributed by atoms with Crippen LogP contribution in [0.4, 0.5) is 5.82 Å². The summed E-state index contributed by atoms with van der Waals surface area (Å²) in [5, 5.41) is 3.35. The Balaban J connectivity index is 2.18. The van der Waals surface area contributed by atoms with Crippen molar-refractivity contribution < 1.29 is 4.74 Å². The Morgan fingerprint density at radius 1 is 1.14 bits per heavy atom. The van der Waals surface area contributed by atoms with Crippen LogP contribution in [0, 0.1) is 0 Å². The fraction of sp³-hybridized carbons (Fsp3) is 0.353. The highest BCUT2D eigenvalue weighted by Crippen LogP contribution is 2.23. The van der Waals surface area contributed by atoms with Crippen LogP contribution in [0.1, 0.15) is 18.1 Å². The summed E-state index contributed by atoms with van der Waals surface area (Å²) in [6.07, 6.45) is 1.84. The molecular formula is C17H23N3O. The van der Waals surface area contributed by atoms with E-state index in [4.69, 9.17) is 4.74 Å². The van der Waals surface area contributed by atoms with Gasteiger partial charge in [-0.3, -0.25) is 0 Å². The number of methoxy groups -OCH3 is 1. The van der Waals surface area contributed by atoms with Crippen molar-refractivity contribution in [2.75, 3.05) is 25.6 Å². The first-order valence-electron chi connectivity index (χ1n) is 7.24. The average Bonchev–Trinajstić information content (AvgIpc) is 2.53.